The summed E-state index contributed by atoms with van der Waals surface area (Å²) < 4.78 is 29.1. The Labute approximate surface area is 216 Å². The number of nitrogens with one attached hydrogen (secondary N) is 1. The van der Waals surface area contributed by atoms with E-state index in [9.17, 15) is 13.2 Å². The summed E-state index contributed by atoms with van der Waals surface area (Å²) in [5, 5.41) is 3.41. The van der Waals surface area contributed by atoms with Crippen molar-refractivity contribution in [3.8, 4) is 16.9 Å². The smallest absolute Gasteiger partial charge is 0.243 e. The van der Waals surface area contributed by atoms with E-state index in [1.165, 1.54) is 0 Å². The molecule has 0 radical (unpaired) electrons. The molecule has 4 rings (SSSR count). The van der Waals surface area contributed by atoms with Crippen molar-refractivity contribution in [2.75, 3.05) is 18.4 Å². The van der Waals surface area contributed by atoms with E-state index in [-0.39, 0.29) is 23.9 Å². The van der Waals surface area contributed by atoms with E-state index in [2.05, 4.69) is 10.3 Å². The van der Waals surface area contributed by atoms with Crippen LogP contribution in [0.4, 0.5) is 5.95 Å². The molecule has 0 bridgehead atoms. The van der Waals surface area contributed by atoms with Gasteiger partial charge in [0.2, 0.25) is 21.9 Å². The third-order valence-corrected chi connectivity index (χ3v) is 7.93. The van der Waals surface area contributed by atoms with Crippen molar-refractivity contribution in [3.05, 3.63) is 95.1 Å². The summed E-state index contributed by atoms with van der Waals surface area (Å²) in [6, 6.07) is 21.6. The Kier molecular flexibility index (Phi) is 7.59. The van der Waals surface area contributed by atoms with Crippen LogP contribution in [0.15, 0.2) is 83.9 Å². The predicted molar refractivity (Wildman–Crippen MR) is 143 cm³/mol. The van der Waals surface area contributed by atoms with Crippen LogP contribution in [0.5, 0.6) is 0 Å². The number of hydrogen-bond acceptors (Lipinski definition) is 4. The number of likely N-dealkylation sites (N-methyl/N-ethyl adjacent to an activating group) is 1. The highest BCUT2D eigenvalue weighted by Crippen LogP contribution is 2.26. The Hall–Kier alpha value is -3.46. The van der Waals surface area contributed by atoms with Crippen LogP contribution in [0.3, 0.4) is 0 Å². The summed E-state index contributed by atoms with van der Waals surface area (Å²) in [5.74, 6) is -0.202. The molecule has 0 aliphatic carbocycles. The maximum Gasteiger partial charge on any atom is 0.243 e. The second-order valence-electron chi connectivity index (χ2n) is 8.45. The maximum atomic E-state index is 13.1. The van der Waals surface area contributed by atoms with Gasteiger partial charge in [-0.05, 0) is 50.2 Å². The van der Waals surface area contributed by atoms with Gasteiger partial charge in [-0.25, -0.2) is 13.4 Å². The molecule has 0 fully saturated rings. The van der Waals surface area contributed by atoms with Crippen LogP contribution in [-0.2, 0) is 14.8 Å². The molecule has 36 heavy (non-hydrogen) atoms. The third kappa shape index (κ3) is 5.67. The van der Waals surface area contributed by atoms with Gasteiger partial charge in [-0.2, -0.15) is 4.31 Å². The highest BCUT2D eigenvalue weighted by atomic mass is 35.5. The zero-order valence-corrected chi connectivity index (χ0v) is 21.8. The van der Waals surface area contributed by atoms with Gasteiger partial charge < -0.3 is 0 Å². The number of sulfonamides is 1. The highest BCUT2D eigenvalue weighted by molar-refractivity contribution is 7.89. The summed E-state index contributed by atoms with van der Waals surface area (Å²) in [5.41, 5.74) is 4.33. The van der Waals surface area contributed by atoms with E-state index in [1.807, 2.05) is 56.4 Å². The second-order valence-corrected chi connectivity index (χ2v) is 10.8. The molecule has 0 unspecified atom stereocenters. The molecule has 0 saturated carbocycles. The first-order valence-corrected chi connectivity index (χ1v) is 13.3. The highest BCUT2D eigenvalue weighted by Gasteiger charge is 2.26. The Morgan fingerprint density at radius 2 is 1.53 bits per heavy atom. The molecule has 0 aliphatic heterocycles. The summed E-state index contributed by atoms with van der Waals surface area (Å²) in [6.07, 6.45) is 1.82. The normalized spacial score (nSPS) is 11.6. The fraction of sp³-hybridized carbons (Fsp3) is 0.185. The number of amides is 1. The number of carbonyl (C=O) groups is 1. The Morgan fingerprint density at radius 3 is 2.11 bits per heavy atom. The Bertz CT molecular complexity index is 1460. The second kappa shape index (κ2) is 10.7. The van der Waals surface area contributed by atoms with Crippen molar-refractivity contribution in [1.29, 1.82) is 0 Å². The molecule has 4 aromatic rings. The molecule has 0 aliphatic rings. The van der Waals surface area contributed by atoms with E-state index in [1.54, 1.807) is 47.9 Å². The van der Waals surface area contributed by atoms with Gasteiger partial charge in [0.15, 0.2) is 0 Å². The number of nitrogens with zero attached hydrogens (tertiary/aromatic N) is 3. The van der Waals surface area contributed by atoms with Gasteiger partial charge in [-0.1, -0.05) is 66.0 Å². The van der Waals surface area contributed by atoms with Crippen LogP contribution in [0, 0.1) is 13.8 Å². The number of anilines is 1. The van der Waals surface area contributed by atoms with Crippen molar-refractivity contribution in [3.63, 3.8) is 0 Å². The molecular formula is C27H27ClN4O3S. The number of benzene rings is 3. The molecule has 186 valence electrons. The lowest BCUT2D eigenvalue weighted by Crippen LogP contribution is -2.38. The number of hydrogen-bond donors (Lipinski definition) is 1. The maximum absolute atomic E-state index is 13.1. The molecule has 0 saturated heterocycles. The van der Waals surface area contributed by atoms with Crippen LogP contribution in [0.25, 0.3) is 16.9 Å². The van der Waals surface area contributed by atoms with Crippen LogP contribution in [-0.4, -0.2) is 41.3 Å². The van der Waals surface area contributed by atoms with Gasteiger partial charge in [0, 0.05) is 29.0 Å². The van der Waals surface area contributed by atoms with Crippen LogP contribution < -0.4 is 5.32 Å². The third-order valence-electron chi connectivity index (χ3n) is 5.74. The topological polar surface area (TPSA) is 84.3 Å². The number of rotatable bonds is 8. The minimum atomic E-state index is -3.83. The van der Waals surface area contributed by atoms with E-state index in [0.29, 0.717) is 10.7 Å². The Balaban J connectivity index is 1.62. The first-order valence-electron chi connectivity index (χ1n) is 11.5. The van der Waals surface area contributed by atoms with Gasteiger partial charge >= 0.3 is 0 Å². The standard InChI is InChI=1S/C27H27ClN4O3S/c1-4-31(36(34,35)24-15-7-20(3)8-16-24)18-26(33)30-27-29-25(21-9-11-22(28)12-10-21)17-32(27)23-13-5-19(2)6-14-23/h5-17H,4,18H2,1-3H3,(H,29,30,33). The molecule has 0 atom stereocenters. The zero-order chi connectivity index (χ0) is 25.9. The first-order chi connectivity index (χ1) is 17.2. The minimum absolute atomic E-state index is 0.145. The van der Waals surface area contributed by atoms with E-state index >= 15 is 0 Å². The van der Waals surface area contributed by atoms with Crippen molar-refractivity contribution in [1.82, 2.24) is 13.9 Å². The van der Waals surface area contributed by atoms with Gasteiger partial charge in [0.1, 0.15) is 0 Å². The predicted octanol–water partition coefficient (Wildman–Crippen LogP) is 5.46. The molecule has 0 spiro atoms. The van der Waals surface area contributed by atoms with Crippen LogP contribution >= 0.6 is 11.6 Å². The summed E-state index contributed by atoms with van der Waals surface area (Å²) in [4.78, 5) is 17.8. The summed E-state index contributed by atoms with van der Waals surface area (Å²) in [7, 11) is -3.83. The summed E-state index contributed by atoms with van der Waals surface area (Å²) in [6.45, 7) is 5.38. The molecule has 3 aromatic carbocycles. The SMILES string of the molecule is CCN(CC(=O)Nc1nc(-c2ccc(Cl)cc2)cn1-c1ccc(C)cc1)S(=O)(=O)c1ccc(C)cc1. The fourth-order valence-electron chi connectivity index (χ4n) is 3.68. The van der Waals surface area contributed by atoms with Crippen molar-refractivity contribution in [2.45, 2.75) is 25.7 Å². The lowest BCUT2D eigenvalue weighted by Gasteiger charge is -2.20. The summed E-state index contributed by atoms with van der Waals surface area (Å²) >= 11 is 6.03. The molecule has 9 heteroatoms. The van der Waals surface area contributed by atoms with Crippen LogP contribution in [0.2, 0.25) is 5.02 Å². The molecule has 1 amide bonds. The van der Waals surface area contributed by atoms with Gasteiger partial charge in [-0.3, -0.25) is 14.7 Å². The molecule has 1 heterocycles. The van der Waals surface area contributed by atoms with Crippen LogP contribution in [0.1, 0.15) is 18.1 Å². The van der Waals surface area contributed by atoms with Gasteiger partial charge in [0.05, 0.1) is 17.1 Å². The molecular weight excluding hydrogens is 496 g/mol. The Morgan fingerprint density at radius 1 is 0.944 bits per heavy atom. The average molecular weight is 523 g/mol. The zero-order valence-electron chi connectivity index (χ0n) is 20.3. The molecule has 1 aromatic heterocycles. The number of aryl methyl sites for hydroxylation is 2. The van der Waals surface area contributed by atoms with Crippen molar-refractivity contribution >= 4 is 33.5 Å². The number of imidazole rings is 1. The molecule has 7 nitrogen and oxygen atoms in total. The monoisotopic (exact) mass is 522 g/mol. The van der Waals surface area contributed by atoms with E-state index < -0.39 is 15.9 Å². The van der Waals surface area contributed by atoms with E-state index in [4.69, 9.17) is 11.6 Å². The van der Waals surface area contributed by atoms with Crippen molar-refractivity contribution < 1.29 is 13.2 Å². The van der Waals surface area contributed by atoms with Gasteiger partial charge in [0.25, 0.3) is 0 Å². The lowest BCUT2D eigenvalue weighted by atomic mass is 10.2. The van der Waals surface area contributed by atoms with Crippen molar-refractivity contribution in [2.24, 2.45) is 0 Å². The lowest BCUT2D eigenvalue weighted by molar-refractivity contribution is -0.116. The number of aromatic nitrogens is 2. The quantitative estimate of drug-likeness (QED) is 0.333. The van der Waals surface area contributed by atoms with Gasteiger partial charge in [-0.15, -0.1) is 0 Å². The number of carbonyl (C=O) groups excluding carboxylic acids is 1. The average Bonchev–Trinajstić information content (AvgIpc) is 3.27. The molecule has 1 N–H and O–H groups in total. The first kappa shape index (κ1) is 25.6. The fourth-order valence-corrected chi connectivity index (χ4v) is 5.21. The van der Waals surface area contributed by atoms with E-state index in [0.717, 1.165) is 26.7 Å². The largest absolute Gasteiger partial charge is 0.294 e. The number of halogens is 1. The minimum Gasteiger partial charge on any atom is -0.294 e.